The molecule has 2 saturated heterocycles. The lowest BCUT2D eigenvalue weighted by molar-refractivity contribution is -0.254. The van der Waals surface area contributed by atoms with Crippen LogP contribution in [0.3, 0.4) is 0 Å². The van der Waals surface area contributed by atoms with Crippen LogP contribution >= 0.6 is 0 Å². The van der Waals surface area contributed by atoms with Gasteiger partial charge in [0.15, 0.2) is 0 Å². The number of rotatable bonds is 5. The van der Waals surface area contributed by atoms with E-state index in [-0.39, 0.29) is 41.5 Å². The van der Waals surface area contributed by atoms with Crippen molar-refractivity contribution in [2.45, 2.75) is 64.4 Å². The average molecular weight is 481 g/mol. The lowest BCUT2D eigenvalue weighted by atomic mass is 9.47. The smallest absolute Gasteiger partial charge is 0.340 e. The van der Waals surface area contributed by atoms with E-state index >= 15 is 0 Å². The number of allylic oxidation sites excluding steroid dienone is 1. The van der Waals surface area contributed by atoms with Gasteiger partial charge in [0.2, 0.25) is 11.8 Å². The van der Waals surface area contributed by atoms with Crippen LogP contribution in [-0.4, -0.2) is 59.6 Å². The summed E-state index contributed by atoms with van der Waals surface area (Å²) in [5, 5.41) is 12.3. The maximum Gasteiger partial charge on any atom is 0.340 e. The van der Waals surface area contributed by atoms with Crippen molar-refractivity contribution >= 4 is 23.5 Å². The number of benzene rings is 1. The van der Waals surface area contributed by atoms with E-state index in [4.69, 9.17) is 4.74 Å². The Labute approximate surface area is 207 Å². The van der Waals surface area contributed by atoms with Crippen LogP contribution in [0.1, 0.15) is 69.2 Å². The lowest BCUT2D eigenvalue weighted by Crippen LogP contribution is -2.73. The first-order valence-electron chi connectivity index (χ1n) is 13.0. The van der Waals surface area contributed by atoms with Crippen molar-refractivity contribution in [2.24, 2.45) is 16.7 Å². The lowest BCUT2D eigenvalue weighted by Gasteiger charge is -2.66. The minimum Gasteiger partial charge on any atom is -0.461 e. The van der Waals surface area contributed by atoms with Gasteiger partial charge in [-0.25, -0.2) is 9.69 Å². The molecule has 2 bridgehead atoms. The molecule has 2 aliphatic heterocycles. The fourth-order valence-electron chi connectivity index (χ4n) is 7.27. The Morgan fingerprint density at radius 3 is 2.69 bits per heavy atom. The Morgan fingerprint density at radius 2 is 1.94 bits per heavy atom. The van der Waals surface area contributed by atoms with Crippen LogP contribution in [-0.2, 0) is 14.3 Å². The second-order valence-electron chi connectivity index (χ2n) is 11.1. The number of hydrogen-bond acceptors (Lipinski definition) is 6. The van der Waals surface area contributed by atoms with Gasteiger partial charge in [0.25, 0.3) is 0 Å². The molecule has 3 fully saturated rings. The monoisotopic (exact) mass is 480 g/mol. The zero-order valence-corrected chi connectivity index (χ0v) is 20.8. The summed E-state index contributed by atoms with van der Waals surface area (Å²) in [6.07, 6.45) is 9.68. The third kappa shape index (κ3) is 3.66. The molecule has 0 spiro atoms. The number of para-hydroxylation sites is 1. The van der Waals surface area contributed by atoms with E-state index in [1.165, 1.54) is 0 Å². The molecule has 2 aliphatic carbocycles. The number of carbonyl (C=O) groups is 3. The fourth-order valence-corrected chi connectivity index (χ4v) is 7.27. The molecule has 1 aromatic carbocycles. The molecule has 0 unspecified atom stereocenters. The molecule has 188 valence electrons. The van der Waals surface area contributed by atoms with Gasteiger partial charge in [0.1, 0.15) is 6.61 Å². The largest absolute Gasteiger partial charge is 0.461 e. The van der Waals surface area contributed by atoms with Crippen molar-refractivity contribution in [3.63, 3.8) is 0 Å². The molecular weight excluding hydrogens is 444 g/mol. The minimum atomic E-state index is -0.937. The molecule has 5 rings (SSSR count). The van der Waals surface area contributed by atoms with Crippen molar-refractivity contribution in [3.05, 3.63) is 42.0 Å². The number of hydrogen-bond donors (Lipinski definition) is 1. The summed E-state index contributed by atoms with van der Waals surface area (Å²) < 4.78 is 5.99. The molecule has 7 nitrogen and oxygen atoms in total. The highest BCUT2D eigenvalue weighted by molar-refractivity contribution is 6.22. The van der Waals surface area contributed by atoms with E-state index in [2.05, 4.69) is 24.0 Å². The zero-order chi connectivity index (χ0) is 24.8. The number of anilines is 1. The number of likely N-dealkylation sites (tertiary alicyclic amines) is 1. The first-order valence-corrected chi connectivity index (χ1v) is 13.0. The topological polar surface area (TPSA) is 87.2 Å². The van der Waals surface area contributed by atoms with Gasteiger partial charge < -0.3 is 14.7 Å². The van der Waals surface area contributed by atoms with E-state index in [9.17, 15) is 19.5 Å². The van der Waals surface area contributed by atoms with E-state index in [0.29, 0.717) is 13.0 Å². The molecule has 2 amide bonds. The summed E-state index contributed by atoms with van der Waals surface area (Å²) >= 11 is 0. The molecule has 1 N–H and O–H groups in total. The molecule has 35 heavy (non-hydrogen) atoms. The second-order valence-corrected chi connectivity index (χ2v) is 11.1. The van der Waals surface area contributed by atoms with E-state index in [1.807, 2.05) is 0 Å². The Balaban J connectivity index is 1.44. The molecule has 0 radical (unpaired) electrons. The van der Waals surface area contributed by atoms with Crippen LogP contribution in [0.2, 0.25) is 0 Å². The quantitative estimate of drug-likeness (QED) is 0.393. The fraction of sp³-hybridized carbons (Fsp3) is 0.607. The average Bonchev–Trinajstić information content (AvgIpc) is 2.97. The van der Waals surface area contributed by atoms with E-state index in [0.717, 1.165) is 50.1 Å². The Bertz CT molecular complexity index is 1070. The highest BCUT2D eigenvalue weighted by atomic mass is 16.5. The van der Waals surface area contributed by atoms with Gasteiger partial charge in [-0.05, 0) is 50.8 Å². The minimum absolute atomic E-state index is 0.112. The third-order valence-electron chi connectivity index (χ3n) is 9.15. The number of ether oxygens (including phenoxy) is 1. The number of amides is 2. The van der Waals surface area contributed by atoms with Gasteiger partial charge in [-0.15, -0.1) is 0 Å². The van der Waals surface area contributed by atoms with Crippen LogP contribution < -0.4 is 4.90 Å². The number of aliphatic hydroxyl groups is 1. The number of carbonyl (C=O) groups excluding carboxylic acids is 3. The van der Waals surface area contributed by atoms with Crippen LogP contribution in [0.15, 0.2) is 36.4 Å². The first kappa shape index (κ1) is 24.2. The molecule has 7 heteroatoms. The van der Waals surface area contributed by atoms with Crippen LogP contribution in [0.4, 0.5) is 5.69 Å². The number of piperidine rings is 1. The van der Waals surface area contributed by atoms with Crippen molar-refractivity contribution in [1.82, 2.24) is 4.90 Å². The van der Waals surface area contributed by atoms with Gasteiger partial charge in [-0.3, -0.25) is 9.59 Å². The predicted molar refractivity (Wildman–Crippen MR) is 132 cm³/mol. The molecule has 1 aromatic rings. The summed E-state index contributed by atoms with van der Waals surface area (Å²) in [6, 6.07) is 6.65. The summed E-state index contributed by atoms with van der Waals surface area (Å²) in [5.41, 5.74) is -1.22. The van der Waals surface area contributed by atoms with Crippen molar-refractivity contribution < 1.29 is 24.2 Å². The van der Waals surface area contributed by atoms with Gasteiger partial charge in [-0.1, -0.05) is 44.6 Å². The van der Waals surface area contributed by atoms with Gasteiger partial charge >= 0.3 is 5.97 Å². The van der Waals surface area contributed by atoms with E-state index in [1.54, 1.807) is 31.2 Å². The number of imide groups is 1. The second kappa shape index (κ2) is 8.86. The summed E-state index contributed by atoms with van der Waals surface area (Å²) in [7, 11) is 0. The summed E-state index contributed by atoms with van der Waals surface area (Å²) in [5.74, 6) is -1.56. The maximum atomic E-state index is 13.4. The molecule has 1 saturated carbocycles. The number of esters is 1. The van der Waals surface area contributed by atoms with Gasteiger partial charge in [0, 0.05) is 36.3 Å². The highest BCUT2D eigenvalue weighted by Gasteiger charge is 2.67. The SMILES string of the molecule is CCN1C[C@@]23CCC=CC[C@@]2(O)[C@](COC(=O)c2ccccc2N2C(=O)C[C@H](C)C2=O)(CCC3)C1. The van der Waals surface area contributed by atoms with Crippen molar-refractivity contribution in [1.29, 1.82) is 0 Å². The molecule has 4 aliphatic rings. The third-order valence-corrected chi connectivity index (χ3v) is 9.15. The van der Waals surface area contributed by atoms with E-state index < -0.39 is 22.9 Å². The Hall–Kier alpha value is -2.51. The highest BCUT2D eigenvalue weighted by Crippen LogP contribution is 2.62. The summed E-state index contributed by atoms with van der Waals surface area (Å²) in [6.45, 7) is 6.43. The predicted octanol–water partition coefficient (Wildman–Crippen LogP) is 3.71. The normalized spacial score (nSPS) is 35.1. The Kier molecular flexibility index (Phi) is 6.12. The molecule has 2 heterocycles. The van der Waals surface area contributed by atoms with Crippen LogP contribution in [0.5, 0.6) is 0 Å². The molecular formula is C28H36N2O5. The molecule has 0 aromatic heterocycles. The van der Waals surface area contributed by atoms with Crippen LogP contribution in [0, 0.1) is 16.7 Å². The standard InChI is InChI=1S/C28H36N2O5/c1-3-29-17-26-12-7-4-8-15-28(26,34)27(18-29,14-9-13-26)19-35-25(33)21-10-5-6-11-22(21)30-23(31)16-20(2)24(30)32/h4-6,8,10-11,20,34H,3,7,9,12-19H2,1-2H3/t20-,26-,27+,28-/m0/s1. The van der Waals surface area contributed by atoms with Crippen molar-refractivity contribution in [3.8, 4) is 0 Å². The summed E-state index contributed by atoms with van der Waals surface area (Å²) in [4.78, 5) is 42.1. The first-order chi connectivity index (χ1) is 16.8. The maximum absolute atomic E-state index is 13.4. The van der Waals surface area contributed by atoms with Crippen molar-refractivity contribution in [2.75, 3.05) is 31.1 Å². The zero-order valence-electron chi connectivity index (χ0n) is 20.8. The van der Waals surface area contributed by atoms with Gasteiger partial charge in [0.05, 0.1) is 16.9 Å². The van der Waals surface area contributed by atoms with Gasteiger partial charge in [-0.2, -0.15) is 0 Å². The Morgan fingerprint density at radius 1 is 1.14 bits per heavy atom. The van der Waals surface area contributed by atoms with Crippen LogP contribution in [0.25, 0.3) is 0 Å². The molecule has 4 atom stereocenters. The number of nitrogens with zero attached hydrogens (tertiary/aromatic N) is 2.